The highest BCUT2D eigenvalue weighted by Gasteiger charge is 2.21. The topological polar surface area (TPSA) is 55.2 Å². The highest BCUT2D eigenvalue weighted by molar-refractivity contribution is 9.10. The van der Waals surface area contributed by atoms with Crippen LogP contribution in [-0.4, -0.2) is 4.92 Å². The normalized spacial score (nSPS) is 10.3. The van der Waals surface area contributed by atoms with E-state index in [0.717, 1.165) is 22.2 Å². The molecule has 0 aliphatic heterocycles. The zero-order chi connectivity index (χ0) is 14.7. The van der Waals surface area contributed by atoms with Gasteiger partial charge in [-0.1, -0.05) is 34.1 Å². The maximum absolute atomic E-state index is 13.7. The smallest absolute Gasteiger partial charge is 0.295 e. The summed E-state index contributed by atoms with van der Waals surface area (Å²) in [6, 6.07) is 8.79. The predicted molar refractivity (Wildman–Crippen MR) is 74.5 cm³/mol. The van der Waals surface area contributed by atoms with E-state index < -0.39 is 27.9 Å². The molecule has 0 saturated carbocycles. The largest absolute Gasteiger partial charge is 0.373 e. The summed E-state index contributed by atoms with van der Waals surface area (Å²) < 4.78 is 27.6. The molecular weight excluding hydrogens is 334 g/mol. The summed E-state index contributed by atoms with van der Waals surface area (Å²) in [6.45, 7) is 0.128. The third kappa shape index (κ3) is 2.93. The first-order chi connectivity index (χ1) is 9.50. The lowest BCUT2D eigenvalue weighted by molar-refractivity contribution is -0.384. The Kier molecular flexibility index (Phi) is 4.29. The number of anilines is 1. The maximum Gasteiger partial charge on any atom is 0.295 e. The molecule has 4 nitrogen and oxygen atoms in total. The van der Waals surface area contributed by atoms with Gasteiger partial charge in [-0.2, -0.15) is 0 Å². The molecule has 0 aromatic heterocycles. The molecule has 7 heteroatoms. The van der Waals surface area contributed by atoms with E-state index in [4.69, 9.17) is 0 Å². The third-order valence-electron chi connectivity index (χ3n) is 2.68. The van der Waals surface area contributed by atoms with E-state index in [-0.39, 0.29) is 6.54 Å². The van der Waals surface area contributed by atoms with E-state index in [9.17, 15) is 18.9 Å². The van der Waals surface area contributed by atoms with E-state index >= 15 is 0 Å². The van der Waals surface area contributed by atoms with Gasteiger partial charge in [0.25, 0.3) is 5.69 Å². The van der Waals surface area contributed by atoms with Crippen LogP contribution in [0.4, 0.5) is 20.2 Å². The summed E-state index contributed by atoms with van der Waals surface area (Å²) in [4.78, 5) is 10.1. The Morgan fingerprint density at radius 3 is 2.55 bits per heavy atom. The highest BCUT2D eigenvalue weighted by atomic mass is 79.9. The van der Waals surface area contributed by atoms with Crippen LogP contribution in [-0.2, 0) is 6.54 Å². The standard InChI is InChI=1S/C13H9BrF2N2O2/c14-9-4-2-1-3-8(9)7-17-13-11(18(19)20)6-5-10(15)12(13)16/h1-6,17H,7H2. The Morgan fingerprint density at radius 2 is 1.90 bits per heavy atom. The van der Waals surface area contributed by atoms with Crippen molar-refractivity contribution in [2.75, 3.05) is 5.32 Å². The van der Waals surface area contributed by atoms with Crippen molar-refractivity contribution < 1.29 is 13.7 Å². The molecule has 0 spiro atoms. The van der Waals surface area contributed by atoms with E-state index in [0.29, 0.717) is 0 Å². The summed E-state index contributed by atoms with van der Waals surface area (Å²) in [7, 11) is 0. The summed E-state index contributed by atoms with van der Waals surface area (Å²) in [6.07, 6.45) is 0. The molecule has 104 valence electrons. The lowest BCUT2D eigenvalue weighted by atomic mass is 10.2. The number of hydrogen-bond donors (Lipinski definition) is 1. The molecule has 0 aliphatic carbocycles. The van der Waals surface area contributed by atoms with Gasteiger partial charge in [0.1, 0.15) is 0 Å². The first kappa shape index (κ1) is 14.4. The molecule has 0 aliphatic rings. The molecule has 0 radical (unpaired) electrons. The molecule has 0 heterocycles. The average Bonchev–Trinajstić information content (AvgIpc) is 2.41. The van der Waals surface area contributed by atoms with Crippen LogP contribution in [0.5, 0.6) is 0 Å². The van der Waals surface area contributed by atoms with Crippen LogP contribution in [0.1, 0.15) is 5.56 Å². The number of nitrogens with one attached hydrogen (secondary N) is 1. The Morgan fingerprint density at radius 1 is 1.20 bits per heavy atom. The van der Waals surface area contributed by atoms with Crippen molar-refractivity contribution in [3.63, 3.8) is 0 Å². The van der Waals surface area contributed by atoms with Gasteiger partial charge in [0, 0.05) is 17.1 Å². The minimum absolute atomic E-state index is 0.128. The zero-order valence-corrected chi connectivity index (χ0v) is 11.7. The van der Waals surface area contributed by atoms with Crippen molar-refractivity contribution in [3.8, 4) is 0 Å². The fourth-order valence-electron chi connectivity index (χ4n) is 1.69. The molecule has 0 amide bonds. The fraction of sp³-hybridized carbons (Fsp3) is 0.0769. The van der Waals surface area contributed by atoms with Crippen LogP contribution < -0.4 is 5.32 Å². The summed E-state index contributed by atoms with van der Waals surface area (Å²) in [5, 5.41) is 13.4. The van der Waals surface area contributed by atoms with Gasteiger partial charge in [0.2, 0.25) is 0 Å². The van der Waals surface area contributed by atoms with Crippen molar-refractivity contribution in [2.45, 2.75) is 6.54 Å². The van der Waals surface area contributed by atoms with Crippen molar-refractivity contribution in [3.05, 3.63) is 68.2 Å². The van der Waals surface area contributed by atoms with Crippen molar-refractivity contribution in [1.29, 1.82) is 0 Å². The molecule has 2 rings (SSSR count). The minimum Gasteiger partial charge on any atom is -0.373 e. The number of nitro groups is 1. The number of nitrogens with zero attached hydrogens (tertiary/aromatic N) is 1. The van der Waals surface area contributed by atoms with E-state index in [1.807, 2.05) is 0 Å². The molecule has 1 N–H and O–H groups in total. The molecular formula is C13H9BrF2N2O2. The Bertz CT molecular complexity index is 665. The molecule has 0 saturated heterocycles. The summed E-state index contributed by atoms with van der Waals surface area (Å²) in [5.41, 5.74) is -0.188. The average molecular weight is 343 g/mol. The third-order valence-corrected chi connectivity index (χ3v) is 3.46. The number of halogens is 3. The van der Waals surface area contributed by atoms with E-state index in [1.54, 1.807) is 24.3 Å². The Labute approximate surface area is 121 Å². The second kappa shape index (κ2) is 5.96. The van der Waals surface area contributed by atoms with Crippen LogP contribution in [0.2, 0.25) is 0 Å². The number of nitro benzene ring substituents is 1. The zero-order valence-electron chi connectivity index (χ0n) is 10.1. The monoisotopic (exact) mass is 342 g/mol. The van der Waals surface area contributed by atoms with Gasteiger partial charge in [0.15, 0.2) is 17.3 Å². The minimum atomic E-state index is -1.26. The Balaban J connectivity index is 2.31. The highest BCUT2D eigenvalue weighted by Crippen LogP contribution is 2.30. The van der Waals surface area contributed by atoms with E-state index in [2.05, 4.69) is 21.2 Å². The molecule has 0 bridgehead atoms. The van der Waals surface area contributed by atoms with Crippen LogP contribution in [0.3, 0.4) is 0 Å². The van der Waals surface area contributed by atoms with Gasteiger partial charge < -0.3 is 5.32 Å². The van der Waals surface area contributed by atoms with Gasteiger partial charge in [-0.05, 0) is 17.7 Å². The van der Waals surface area contributed by atoms with Crippen molar-refractivity contribution in [1.82, 2.24) is 0 Å². The van der Waals surface area contributed by atoms with Crippen molar-refractivity contribution >= 4 is 27.3 Å². The van der Waals surface area contributed by atoms with Gasteiger partial charge >= 0.3 is 0 Å². The maximum atomic E-state index is 13.7. The summed E-state index contributed by atoms with van der Waals surface area (Å²) in [5.74, 6) is -2.39. The summed E-state index contributed by atoms with van der Waals surface area (Å²) >= 11 is 3.31. The van der Waals surface area contributed by atoms with Crippen LogP contribution in [0, 0.1) is 21.7 Å². The predicted octanol–water partition coefficient (Wildman–Crippen LogP) is 4.25. The molecule has 0 atom stereocenters. The molecule has 2 aromatic rings. The van der Waals surface area contributed by atoms with Crippen LogP contribution in [0.25, 0.3) is 0 Å². The SMILES string of the molecule is O=[N+]([O-])c1ccc(F)c(F)c1NCc1ccccc1Br. The molecule has 2 aromatic carbocycles. The van der Waals surface area contributed by atoms with Gasteiger partial charge in [-0.3, -0.25) is 10.1 Å². The number of hydrogen-bond acceptors (Lipinski definition) is 3. The van der Waals surface area contributed by atoms with Gasteiger partial charge in [-0.25, -0.2) is 8.78 Å². The molecule has 20 heavy (non-hydrogen) atoms. The second-order valence-corrected chi connectivity index (χ2v) is 4.81. The van der Waals surface area contributed by atoms with Crippen LogP contribution >= 0.6 is 15.9 Å². The van der Waals surface area contributed by atoms with E-state index in [1.165, 1.54) is 0 Å². The Hall–Kier alpha value is -2.02. The van der Waals surface area contributed by atoms with Gasteiger partial charge in [0.05, 0.1) is 4.92 Å². The quantitative estimate of drug-likeness (QED) is 0.667. The molecule has 0 fully saturated rings. The second-order valence-electron chi connectivity index (χ2n) is 3.96. The van der Waals surface area contributed by atoms with Crippen LogP contribution in [0.15, 0.2) is 40.9 Å². The van der Waals surface area contributed by atoms with Crippen molar-refractivity contribution in [2.24, 2.45) is 0 Å². The van der Waals surface area contributed by atoms with Gasteiger partial charge in [-0.15, -0.1) is 0 Å². The first-order valence-electron chi connectivity index (χ1n) is 5.60. The lowest BCUT2D eigenvalue weighted by Crippen LogP contribution is -2.06. The fourth-order valence-corrected chi connectivity index (χ4v) is 2.11. The lowest BCUT2D eigenvalue weighted by Gasteiger charge is -2.10. The number of rotatable bonds is 4. The number of benzene rings is 2. The first-order valence-corrected chi connectivity index (χ1v) is 6.39. The molecule has 0 unspecified atom stereocenters.